The summed E-state index contributed by atoms with van der Waals surface area (Å²) in [5, 5.41) is 8.11. The quantitative estimate of drug-likeness (QED) is 0.463. The van der Waals surface area contributed by atoms with Crippen LogP contribution in [-0.2, 0) is 30.2 Å². The molecule has 1 aliphatic heterocycles. The highest BCUT2D eigenvalue weighted by molar-refractivity contribution is 7.86. The highest BCUT2D eigenvalue weighted by Gasteiger charge is 2.56. The first-order valence-corrected chi connectivity index (χ1v) is 5.87. The Labute approximate surface area is 83.4 Å². The minimum atomic E-state index is -3.96. The van der Waals surface area contributed by atoms with Crippen LogP contribution in [0.4, 0.5) is 0 Å². The van der Waals surface area contributed by atoms with E-state index in [1.165, 1.54) is 0 Å². The Bertz CT molecular complexity index is 370. The molecule has 0 aromatic carbocycles. The lowest BCUT2D eigenvalue weighted by molar-refractivity contribution is -0.134. The maximum absolute atomic E-state index is 10.7. The van der Waals surface area contributed by atoms with Crippen molar-refractivity contribution in [1.29, 1.82) is 0 Å². The zero-order valence-electron chi connectivity index (χ0n) is 6.45. The zero-order chi connectivity index (χ0) is 10.8. The summed E-state index contributed by atoms with van der Waals surface area (Å²) in [6.45, 7) is 0. The fourth-order valence-electron chi connectivity index (χ4n) is 0.512. The van der Waals surface area contributed by atoms with Gasteiger partial charge in [-0.1, -0.05) is 0 Å². The van der Waals surface area contributed by atoms with Crippen LogP contribution in [0.15, 0.2) is 12.2 Å². The van der Waals surface area contributed by atoms with Gasteiger partial charge in [-0.2, -0.15) is 8.42 Å². The van der Waals surface area contributed by atoms with E-state index in [1.54, 1.807) is 0 Å². The largest absolute Gasteiger partial charge is 1.04 e. The number of carbonyl (C=O) groups is 2. The summed E-state index contributed by atoms with van der Waals surface area (Å²) < 4.78 is 32.9. The molecule has 1 aliphatic rings. The standard InChI is InChI=1S/C4H4O4.Al.H2O4S/c5-3(6)1-2-4(7)8;;1-5(2,3)4/h1-2H,(H,5,6)(H,7,8);;(H2,1,2,3,4)/q;+3;/p-3/b2-1-;;. The van der Waals surface area contributed by atoms with Gasteiger partial charge >= 0.3 is 31.5 Å². The lowest BCUT2D eigenvalue weighted by Crippen LogP contribution is -2.44. The van der Waals surface area contributed by atoms with Gasteiger partial charge in [0.1, 0.15) is 0 Å². The summed E-state index contributed by atoms with van der Waals surface area (Å²) in [6, 6.07) is 0. The van der Waals surface area contributed by atoms with Gasteiger partial charge in [-0.3, -0.25) is 4.79 Å². The van der Waals surface area contributed by atoms with E-state index in [1.807, 2.05) is 0 Å². The summed E-state index contributed by atoms with van der Waals surface area (Å²) in [5.74, 6) is -2.36. The fraction of sp³-hybridized carbons (Fsp3) is 0. The molecule has 0 radical (unpaired) electrons. The number of carboxylic acids is 1. The van der Waals surface area contributed by atoms with Crippen LogP contribution >= 0.6 is 0 Å². The normalized spacial score (nSPS) is 19.0. The third-order valence-electron chi connectivity index (χ3n) is 0.967. The molecule has 0 spiro atoms. The van der Waals surface area contributed by atoms with Gasteiger partial charge in [0.25, 0.3) is 5.97 Å². The average Bonchev–Trinajstić information content (AvgIpc) is 1.97. The Balaban J connectivity index is 2.33. The number of hydrogen-bond donors (Lipinski definition) is 1. The maximum Gasteiger partial charge on any atom is 1.04 e. The van der Waals surface area contributed by atoms with E-state index < -0.39 is 37.5 Å². The monoisotopic (exact) mass is 238 g/mol. The first kappa shape index (κ1) is 11.2. The Morgan fingerprint density at radius 2 is 1.86 bits per heavy atom. The van der Waals surface area contributed by atoms with Gasteiger partial charge in [0, 0.05) is 12.2 Å². The molecule has 10 heteroatoms. The molecule has 0 amide bonds. The number of carboxylic acid groups (broad SMARTS) is 1. The minimum Gasteiger partial charge on any atom is -0.568 e. The van der Waals surface area contributed by atoms with Crippen LogP contribution in [0.5, 0.6) is 0 Å². The van der Waals surface area contributed by atoms with Crippen molar-refractivity contribution >= 4 is 37.5 Å². The molecule has 76 valence electrons. The van der Waals surface area contributed by atoms with E-state index in [0.29, 0.717) is 12.2 Å². The molecule has 1 N–H and O–H groups in total. The molecule has 8 nitrogen and oxygen atoms in total. The van der Waals surface area contributed by atoms with Crippen molar-refractivity contribution in [1.82, 2.24) is 0 Å². The Morgan fingerprint density at radius 3 is 2.29 bits per heavy atom. The number of carbonyl (C=O) groups excluding carboxylic acids is 1. The topological polar surface area (TPSA) is 116 Å². The van der Waals surface area contributed by atoms with E-state index in [-0.39, 0.29) is 0 Å². The summed E-state index contributed by atoms with van der Waals surface area (Å²) in [4.78, 5) is 20.6. The van der Waals surface area contributed by atoms with Gasteiger partial charge in [-0.15, -0.1) is 0 Å². The van der Waals surface area contributed by atoms with Gasteiger partial charge < -0.3 is 15.4 Å². The fourth-order valence-corrected chi connectivity index (χ4v) is 2.69. The SMILES string of the molecule is O=C(O)/C=C\C(=O)[O][Al]1[O]S(=O)(=O)[O]1. The summed E-state index contributed by atoms with van der Waals surface area (Å²) in [5.41, 5.74) is 0. The Morgan fingerprint density at radius 1 is 1.29 bits per heavy atom. The van der Waals surface area contributed by atoms with E-state index in [2.05, 4.69) is 10.3 Å². The van der Waals surface area contributed by atoms with Crippen molar-refractivity contribution in [2.75, 3.05) is 0 Å². The molecule has 1 fully saturated rings. The van der Waals surface area contributed by atoms with Crippen molar-refractivity contribution in [3.8, 4) is 0 Å². The van der Waals surface area contributed by atoms with Crippen LogP contribution in [0.1, 0.15) is 0 Å². The van der Waals surface area contributed by atoms with Crippen LogP contribution < -0.4 is 0 Å². The van der Waals surface area contributed by atoms with Gasteiger partial charge in [0.2, 0.25) is 0 Å². The smallest absolute Gasteiger partial charge is 0.568 e. The Kier molecular flexibility index (Phi) is 3.25. The van der Waals surface area contributed by atoms with Gasteiger partial charge in [0.05, 0.1) is 0 Å². The molecule has 0 aromatic heterocycles. The molecule has 0 aromatic rings. The molecule has 1 rings (SSSR count). The van der Waals surface area contributed by atoms with Gasteiger partial charge in [-0.25, -0.2) is 4.79 Å². The second-order valence-electron chi connectivity index (χ2n) is 2.00. The van der Waals surface area contributed by atoms with E-state index in [4.69, 9.17) is 5.11 Å². The average molecular weight is 238 g/mol. The molecule has 14 heavy (non-hydrogen) atoms. The zero-order valence-corrected chi connectivity index (χ0v) is 8.42. The highest BCUT2D eigenvalue weighted by atomic mass is 32.3. The third kappa shape index (κ3) is 3.45. The molecule has 0 aliphatic carbocycles. The number of aliphatic carboxylic acids is 1. The van der Waals surface area contributed by atoms with Crippen molar-refractivity contribution in [2.45, 2.75) is 0 Å². The second kappa shape index (κ2) is 4.08. The predicted octanol–water partition coefficient (Wildman–Crippen LogP) is -1.55. The van der Waals surface area contributed by atoms with Crippen LogP contribution in [0.3, 0.4) is 0 Å². The number of rotatable bonds is 3. The van der Waals surface area contributed by atoms with E-state index in [0.717, 1.165) is 0 Å². The first-order valence-electron chi connectivity index (χ1n) is 3.12. The molecule has 1 heterocycles. The maximum atomic E-state index is 10.7. The predicted molar refractivity (Wildman–Crippen MR) is 39.7 cm³/mol. The third-order valence-corrected chi connectivity index (χ3v) is 4.53. The van der Waals surface area contributed by atoms with Crippen LogP contribution in [0.25, 0.3) is 0 Å². The van der Waals surface area contributed by atoms with Crippen molar-refractivity contribution in [2.24, 2.45) is 0 Å². The van der Waals surface area contributed by atoms with Crippen molar-refractivity contribution in [3.05, 3.63) is 12.2 Å². The lowest BCUT2D eigenvalue weighted by Gasteiger charge is -2.18. The van der Waals surface area contributed by atoms with Crippen LogP contribution in [0.2, 0.25) is 0 Å². The Hall–Kier alpha value is -0.918. The van der Waals surface area contributed by atoms with Gasteiger partial charge in [-0.05, 0) is 0 Å². The number of hydrogen-bond acceptors (Lipinski definition) is 7. The molecule has 0 unspecified atom stereocenters. The molecule has 1 saturated heterocycles. The summed E-state index contributed by atoms with van der Waals surface area (Å²) >= 11 is -2.93. The van der Waals surface area contributed by atoms with Crippen LogP contribution in [0, 0.1) is 0 Å². The van der Waals surface area contributed by atoms with E-state index >= 15 is 0 Å². The first-order chi connectivity index (χ1) is 6.39. The molecule has 0 saturated carbocycles. The lowest BCUT2D eigenvalue weighted by atomic mass is 10.5. The van der Waals surface area contributed by atoms with Gasteiger partial charge in [0.15, 0.2) is 0 Å². The summed E-state index contributed by atoms with van der Waals surface area (Å²) in [7, 11) is -3.96. The minimum absolute atomic E-state index is 0.546. The summed E-state index contributed by atoms with van der Waals surface area (Å²) in [6.07, 6.45) is 1.16. The second-order valence-corrected chi connectivity index (χ2v) is 5.17. The highest BCUT2D eigenvalue weighted by Crippen LogP contribution is 2.15. The molecular weight excluding hydrogens is 235 g/mol. The van der Waals surface area contributed by atoms with E-state index in [9.17, 15) is 18.0 Å². The molecular formula is C4H3AlO8S. The van der Waals surface area contributed by atoms with Crippen molar-refractivity contribution < 1.29 is 33.4 Å². The molecule has 0 atom stereocenters. The van der Waals surface area contributed by atoms with Crippen LogP contribution in [-0.4, -0.2) is 40.6 Å². The molecule has 0 bridgehead atoms. The van der Waals surface area contributed by atoms with Crippen molar-refractivity contribution in [3.63, 3.8) is 0 Å².